The number of nitrogens with zero attached hydrogens (tertiary/aromatic N) is 2. The number of amides is 1. The van der Waals surface area contributed by atoms with Gasteiger partial charge in [-0.15, -0.1) is 0 Å². The van der Waals surface area contributed by atoms with Gasteiger partial charge < -0.3 is 9.64 Å². The Kier molecular flexibility index (Phi) is 6.46. The molecule has 6 nitrogen and oxygen atoms in total. The van der Waals surface area contributed by atoms with E-state index in [1.807, 2.05) is 29.2 Å². The van der Waals surface area contributed by atoms with Crippen molar-refractivity contribution >= 4 is 27.3 Å². The predicted molar refractivity (Wildman–Crippen MR) is 106 cm³/mol. The van der Waals surface area contributed by atoms with Crippen molar-refractivity contribution in [3.63, 3.8) is 0 Å². The molecule has 2 aliphatic heterocycles. The van der Waals surface area contributed by atoms with Crippen molar-refractivity contribution in [1.82, 2.24) is 9.80 Å². The van der Waals surface area contributed by atoms with E-state index in [9.17, 15) is 13.2 Å². The fraction of sp³-hybridized carbons (Fsp3) is 0.632. The molecule has 27 heavy (non-hydrogen) atoms. The molecule has 0 radical (unpaired) electrons. The van der Waals surface area contributed by atoms with Gasteiger partial charge in [-0.3, -0.25) is 9.69 Å². The Morgan fingerprint density at radius 2 is 1.85 bits per heavy atom. The standard InChI is InChI=1S/C19H27ClN2O4S/c1-27(24,25)14-11-21-7-9-22(10-8-21)18(23)19(5-12-26-13-6-19)16-3-2-4-17(20)15-16/h2-4,15H,5-14H2,1H3. The Labute approximate surface area is 166 Å². The first-order chi connectivity index (χ1) is 12.8. The van der Waals surface area contributed by atoms with Gasteiger partial charge in [0.15, 0.2) is 0 Å². The Hall–Kier alpha value is -1.15. The molecular formula is C19H27ClN2O4S. The normalized spacial score (nSPS) is 21.2. The second-order valence-electron chi connectivity index (χ2n) is 7.47. The van der Waals surface area contributed by atoms with E-state index in [-0.39, 0.29) is 11.7 Å². The van der Waals surface area contributed by atoms with Gasteiger partial charge in [0, 0.05) is 57.2 Å². The van der Waals surface area contributed by atoms with E-state index < -0.39 is 15.3 Å². The molecule has 150 valence electrons. The molecule has 0 atom stereocenters. The lowest BCUT2D eigenvalue weighted by atomic mass is 9.73. The Morgan fingerprint density at radius 3 is 2.44 bits per heavy atom. The maximum atomic E-state index is 13.5. The number of halogens is 1. The molecule has 8 heteroatoms. The number of benzene rings is 1. The highest BCUT2D eigenvalue weighted by atomic mass is 35.5. The summed E-state index contributed by atoms with van der Waals surface area (Å²) < 4.78 is 28.3. The summed E-state index contributed by atoms with van der Waals surface area (Å²) >= 11 is 6.20. The number of rotatable bonds is 5. The number of hydrogen-bond acceptors (Lipinski definition) is 5. The number of ether oxygens (including phenoxy) is 1. The summed E-state index contributed by atoms with van der Waals surface area (Å²) in [5.41, 5.74) is 0.376. The van der Waals surface area contributed by atoms with Crippen LogP contribution in [-0.4, -0.2) is 82.1 Å². The van der Waals surface area contributed by atoms with Crippen molar-refractivity contribution in [2.45, 2.75) is 18.3 Å². The van der Waals surface area contributed by atoms with Crippen LogP contribution in [0.2, 0.25) is 5.02 Å². The fourth-order valence-corrected chi connectivity index (χ4v) is 4.68. The number of sulfone groups is 1. The largest absolute Gasteiger partial charge is 0.381 e. The molecule has 0 saturated carbocycles. The van der Waals surface area contributed by atoms with E-state index in [1.165, 1.54) is 6.26 Å². The van der Waals surface area contributed by atoms with Crippen molar-refractivity contribution in [3.05, 3.63) is 34.9 Å². The van der Waals surface area contributed by atoms with Gasteiger partial charge in [-0.2, -0.15) is 0 Å². The average molecular weight is 415 g/mol. The minimum Gasteiger partial charge on any atom is -0.381 e. The molecule has 2 heterocycles. The fourth-order valence-electron chi connectivity index (χ4n) is 3.90. The molecule has 1 aromatic carbocycles. The summed E-state index contributed by atoms with van der Waals surface area (Å²) in [5.74, 6) is 0.293. The maximum absolute atomic E-state index is 13.5. The summed E-state index contributed by atoms with van der Waals surface area (Å²) in [4.78, 5) is 17.6. The van der Waals surface area contributed by atoms with E-state index >= 15 is 0 Å². The number of carbonyl (C=O) groups excluding carboxylic acids is 1. The Morgan fingerprint density at radius 1 is 1.19 bits per heavy atom. The Balaban J connectivity index is 1.71. The molecule has 1 amide bonds. The number of hydrogen-bond donors (Lipinski definition) is 0. The number of piperazine rings is 1. The maximum Gasteiger partial charge on any atom is 0.233 e. The summed E-state index contributed by atoms with van der Waals surface area (Å²) in [6.07, 6.45) is 2.56. The van der Waals surface area contributed by atoms with E-state index in [1.54, 1.807) is 0 Å². The number of carbonyl (C=O) groups is 1. The van der Waals surface area contributed by atoms with Crippen LogP contribution in [-0.2, 0) is 24.8 Å². The lowest BCUT2D eigenvalue weighted by Crippen LogP contribution is -2.56. The minimum absolute atomic E-state index is 0.135. The van der Waals surface area contributed by atoms with E-state index in [0.717, 1.165) is 5.56 Å². The van der Waals surface area contributed by atoms with Crippen molar-refractivity contribution in [1.29, 1.82) is 0 Å². The third-order valence-corrected chi connectivity index (χ3v) is 6.73. The predicted octanol–water partition coefficient (Wildman–Crippen LogP) is 1.58. The average Bonchev–Trinajstić information content (AvgIpc) is 2.66. The quantitative estimate of drug-likeness (QED) is 0.731. The van der Waals surface area contributed by atoms with E-state index in [2.05, 4.69) is 4.90 Å². The van der Waals surface area contributed by atoms with Crippen LogP contribution in [0.25, 0.3) is 0 Å². The third-order valence-electron chi connectivity index (χ3n) is 5.57. The summed E-state index contributed by atoms with van der Waals surface area (Å²) in [6, 6.07) is 7.60. The van der Waals surface area contributed by atoms with Gasteiger partial charge in [0.05, 0.1) is 11.2 Å². The smallest absolute Gasteiger partial charge is 0.233 e. The molecular weight excluding hydrogens is 388 g/mol. The summed E-state index contributed by atoms with van der Waals surface area (Å²) in [6.45, 7) is 4.28. The van der Waals surface area contributed by atoms with Gasteiger partial charge in [-0.1, -0.05) is 23.7 Å². The molecule has 0 aromatic heterocycles. The van der Waals surface area contributed by atoms with Crippen molar-refractivity contribution in [3.8, 4) is 0 Å². The monoisotopic (exact) mass is 414 g/mol. The molecule has 3 rings (SSSR count). The molecule has 0 spiro atoms. The molecule has 0 bridgehead atoms. The zero-order chi connectivity index (χ0) is 19.5. The van der Waals surface area contributed by atoms with Crippen LogP contribution in [0.1, 0.15) is 18.4 Å². The van der Waals surface area contributed by atoms with Crippen LogP contribution in [0, 0.1) is 0 Å². The second-order valence-corrected chi connectivity index (χ2v) is 10.2. The molecule has 0 unspecified atom stereocenters. The Bertz CT molecular complexity index is 770. The van der Waals surface area contributed by atoms with E-state index in [4.69, 9.17) is 16.3 Å². The molecule has 2 fully saturated rings. The van der Waals surface area contributed by atoms with Crippen LogP contribution in [0.3, 0.4) is 0 Å². The summed E-state index contributed by atoms with van der Waals surface area (Å²) in [7, 11) is -2.97. The summed E-state index contributed by atoms with van der Waals surface area (Å²) in [5, 5.41) is 0.636. The first kappa shape index (κ1) is 20.6. The van der Waals surface area contributed by atoms with Crippen LogP contribution in [0.4, 0.5) is 0 Å². The van der Waals surface area contributed by atoms with Gasteiger partial charge in [0.1, 0.15) is 9.84 Å². The first-order valence-electron chi connectivity index (χ1n) is 9.33. The van der Waals surface area contributed by atoms with Gasteiger partial charge in [0.25, 0.3) is 0 Å². The molecule has 0 N–H and O–H groups in total. The van der Waals surface area contributed by atoms with Crippen LogP contribution < -0.4 is 0 Å². The highest BCUT2D eigenvalue weighted by Crippen LogP contribution is 2.38. The topological polar surface area (TPSA) is 66.9 Å². The lowest BCUT2D eigenvalue weighted by Gasteiger charge is -2.43. The third kappa shape index (κ3) is 5.02. The van der Waals surface area contributed by atoms with Gasteiger partial charge in [-0.25, -0.2) is 8.42 Å². The van der Waals surface area contributed by atoms with Crippen LogP contribution in [0.15, 0.2) is 24.3 Å². The highest BCUT2D eigenvalue weighted by Gasteiger charge is 2.44. The first-order valence-corrected chi connectivity index (χ1v) is 11.8. The zero-order valence-corrected chi connectivity index (χ0v) is 17.3. The molecule has 2 saturated heterocycles. The molecule has 0 aliphatic carbocycles. The lowest BCUT2D eigenvalue weighted by molar-refractivity contribution is -0.143. The molecule has 2 aliphatic rings. The van der Waals surface area contributed by atoms with Crippen molar-refractivity contribution in [2.24, 2.45) is 0 Å². The highest BCUT2D eigenvalue weighted by molar-refractivity contribution is 7.90. The molecule has 1 aromatic rings. The minimum atomic E-state index is -2.97. The van der Waals surface area contributed by atoms with E-state index in [0.29, 0.717) is 63.8 Å². The van der Waals surface area contributed by atoms with Crippen molar-refractivity contribution < 1.29 is 17.9 Å². The van der Waals surface area contributed by atoms with Crippen LogP contribution in [0.5, 0.6) is 0 Å². The SMILES string of the molecule is CS(=O)(=O)CCN1CCN(C(=O)C2(c3cccc(Cl)c3)CCOCC2)CC1. The van der Waals surface area contributed by atoms with Gasteiger partial charge in [-0.05, 0) is 30.5 Å². The van der Waals surface area contributed by atoms with Gasteiger partial charge in [0.2, 0.25) is 5.91 Å². The zero-order valence-electron chi connectivity index (χ0n) is 15.7. The second kappa shape index (κ2) is 8.47. The van der Waals surface area contributed by atoms with Gasteiger partial charge >= 0.3 is 0 Å². The van der Waals surface area contributed by atoms with Crippen molar-refractivity contribution in [2.75, 3.05) is 57.9 Å². The van der Waals surface area contributed by atoms with Crippen LogP contribution >= 0.6 is 11.6 Å².